The molecule has 3 rings (SSSR count). The van der Waals surface area contributed by atoms with E-state index in [0.717, 1.165) is 20.8 Å². The van der Waals surface area contributed by atoms with Crippen LogP contribution in [0.1, 0.15) is 0 Å². The second-order valence-corrected chi connectivity index (χ2v) is 4.60. The molecule has 1 aromatic heterocycles. The molecule has 3 aromatic rings. The molecular formula is C12H6BrNO3. The summed E-state index contributed by atoms with van der Waals surface area (Å²) in [7, 11) is 0. The monoisotopic (exact) mass is 291 g/mol. The fourth-order valence-electron chi connectivity index (χ4n) is 1.85. The van der Waals surface area contributed by atoms with E-state index in [9.17, 15) is 10.1 Å². The number of hydrogen-bond donors (Lipinski definition) is 0. The van der Waals surface area contributed by atoms with E-state index >= 15 is 0 Å². The number of furan rings is 1. The van der Waals surface area contributed by atoms with Crippen LogP contribution in [0.3, 0.4) is 0 Å². The van der Waals surface area contributed by atoms with Crippen LogP contribution in [0.25, 0.3) is 21.9 Å². The minimum absolute atomic E-state index is 0.0696. The molecule has 0 aliphatic rings. The third-order valence-corrected chi connectivity index (χ3v) is 3.12. The first-order valence-electron chi connectivity index (χ1n) is 4.91. The van der Waals surface area contributed by atoms with Gasteiger partial charge in [-0.15, -0.1) is 0 Å². The first-order chi connectivity index (χ1) is 8.15. The van der Waals surface area contributed by atoms with E-state index < -0.39 is 4.92 Å². The summed E-state index contributed by atoms with van der Waals surface area (Å²) in [5.41, 5.74) is 1.45. The zero-order valence-corrected chi connectivity index (χ0v) is 10.1. The van der Waals surface area contributed by atoms with Gasteiger partial charge in [-0.25, -0.2) is 0 Å². The highest BCUT2D eigenvalue weighted by atomic mass is 79.9. The van der Waals surface area contributed by atoms with E-state index in [1.165, 1.54) is 12.1 Å². The highest BCUT2D eigenvalue weighted by Gasteiger charge is 2.12. The SMILES string of the molecule is O=[N+]([O-])c1ccc2oc3ccc(Br)cc3c2c1. The second-order valence-electron chi connectivity index (χ2n) is 3.68. The van der Waals surface area contributed by atoms with E-state index in [-0.39, 0.29) is 5.69 Å². The Morgan fingerprint density at radius 2 is 1.71 bits per heavy atom. The van der Waals surface area contributed by atoms with E-state index in [4.69, 9.17) is 4.42 Å². The average molecular weight is 292 g/mol. The van der Waals surface area contributed by atoms with Crippen LogP contribution in [0.5, 0.6) is 0 Å². The van der Waals surface area contributed by atoms with Gasteiger partial charge in [-0.3, -0.25) is 10.1 Å². The van der Waals surface area contributed by atoms with E-state index in [0.29, 0.717) is 5.58 Å². The van der Waals surface area contributed by atoms with Gasteiger partial charge in [0, 0.05) is 27.4 Å². The molecule has 0 unspecified atom stereocenters. The highest BCUT2D eigenvalue weighted by molar-refractivity contribution is 9.10. The molecule has 0 radical (unpaired) electrons. The Hall–Kier alpha value is -1.88. The Kier molecular flexibility index (Phi) is 2.16. The lowest BCUT2D eigenvalue weighted by Gasteiger charge is -1.92. The molecule has 0 aliphatic carbocycles. The fraction of sp³-hybridized carbons (Fsp3) is 0. The summed E-state index contributed by atoms with van der Waals surface area (Å²) in [5, 5.41) is 12.4. The van der Waals surface area contributed by atoms with Gasteiger partial charge in [0.05, 0.1) is 4.92 Å². The molecular weight excluding hydrogens is 286 g/mol. The largest absolute Gasteiger partial charge is 0.456 e. The van der Waals surface area contributed by atoms with Gasteiger partial charge < -0.3 is 4.42 Å². The van der Waals surface area contributed by atoms with Crippen LogP contribution in [0.15, 0.2) is 45.3 Å². The number of nitro benzene ring substituents is 1. The van der Waals surface area contributed by atoms with Crippen molar-refractivity contribution in [1.29, 1.82) is 0 Å². The molecule has 0 fully saturated rings. The van der Waals surface area contributed by atoms with Crippen LogP contribution in [-0.2, 0) is 0 Å². The van der Waals surface area contributed by atoms with Crippen LogP contribution in [0.4, 0.5) is 5.69 Å². The molecule has 0 atom stereocenters. The van der Waals surface area contributed by atoms with Crippen LogP contribution >= 0.6 is 15.9 Å². The lowest BCUT2D eigenvalue weighted by atomic mass is 10.1. The molecule has 0 saturated heterocycles. The maximum absolute atomic E-state index is 10.7. The number of hydrogen-bond acceptors (Lipinski definition) is 3. The third-order valence-electron chi connectivity index (χ3n) is 2.63. The van der Waals surface area contributed by atoms with Crippen molar-refractivity contribution in [3.8, 4) is 0 Å². The Bertz CT molecular complexity index is 748. The number of nitrogens with zero attached hydrogens (tertiary/aromatic N) is 1. The Morgan fingerprint density at radius 3 is 2.41 bits per heavy atom. The van der Waals surface area contributed by atoms with E-state index in [2.05, 4.69) is 15.9 Å². The predicted molar refractivity (Wildman–Crippen MR) is 68.1 cm³/mol. The normalized spacial score (nSPS) is 11.1. The topological polar surface area (TPSA) is 56.3 Å². The quantitative estimate of drug-likeness (QED) is 0.497. The number of benzene rings is 2. The molecule has 0 amide bonds. The summed E-state index contributed by atoms with van der Waals surface area (Å²) in [4.78, 5) is 10.3. The first kappa shape index (κ1) is 10.3. The zero-order valence-electron chi connectivity index (χ0n) is 8.51. The third kappa shape index (κ3) is 1.59. The molecule has 1 heterocycles. The van der Waals surface area contributed by atoms with Gasteiger partial charge in [0.15, 0.2) is 0 Å². The summed E-state index contributed by atoms with van der Waals surface area (Å²) in [6, 6.07) is 10.2. The lowest BCUT2D eigenvalue weighted by Crippen LogP contribution is -1.86. The number of fused-ring (bicyclic) bond motifs is 3. The predicted octanol–water partition coefficient (Wildman–Crippen LogP) is 4.26. The standard InChI is InChI=1S/C12H6BrNO3/c13-7-1-3-11-9(5-7)10-6-8(14(15)16)2-4-12(10)17-11/h1-6H. The van der Waals surface area contributed by atoms with E-state index in [1.54, 1.807) is 6.07 Å². The molecule has 0 N–H and O–H groups in total. The summed E-state index contributed by atoms with van der Waals surface area (Å²) in [6.45, 7) is 0. The van der Waals surface area contributed by atoms with Crippen molar-refractivity contribution in [2.45, 2.75) is 0 Å². The van der Waals surface area contributed by atoms with Crippen LogP contribution in [-0.4, -0.2) is 4.92 Å². The van der Waals surface area contributed by atoms with Gasteiger partial charge >= 0.3 is 0 Å². The number of non-ortho nitro benzene ring substituents is 1. The van der Waals surface area contributed by atoms with Crippen LogP contribution in [0.2, 0.25) is 0 Å². The Labute approximate surface area is 104 Å². The van der Waals surface area contributed by atoms with Gasteiger partial charge in [0.2, 0.25) is 0 Å². The second kappa shape index (κ2) is 3.56. The smallest absolute Gasteiger partial charge is 0.270 e. The Morgan fingerprint density at radius 1 is 1.06 bits per heavy atom. The van der Waals surface area contributed by atoms with Gasteiger partial charge in [-0.1, -0.05) is 15.9 Å². The van der Waals surface area contributed by atoms with Crippen molar-refractivity contribution in [2.75, 3.05) is 0 Å². The molecule has 4 nitrogen and oxygen atoms in total. The molecule has 0 bridgehead atoms. The average Bonchev–Trinajstić information content (AvgIpc) is 2.66. The van der Waals surface area contributed by atoms with Gasteiger partial charge in [-0.05, 0) is 24.3 Å². The number of halogens is 1. The minimum Gasteiger partial charge on any atom is -0.456 e. The number of nitro groups is 1. The molecule has 2 aromatic carbocycles. The summed E-state index contributed by atoms with van der Waals surface area (Å²) >= 11 is 3.37. The zero-order chi connectivity index (χ0) is 12.0. The summed E-state index contributed by atoms with van der Waals surface area (Å²) in [6.07, 6.45) is 0. The minimum atomic E-state index is -0.406. The molecule has 84 valence electrons. The Balaban J connectivity index is 2.43. The van der Waals surface area contributed by atoms with Crippen molar-refractivity contribution in [3.05, 3.63) is 51.0 Å². The molecule has 5 heteroatoms. The summed E-state index contributed by atoms with van der Waals surface area (Å²) in [5.74, 6) is 0. The van der Waals surface area contributed by atoms with E-state index in [1.807, 2.05) is 18.2 Å². The molecule has 0 spiro atoms. The van der Waals surface area contributed by atoms with Crippen molar-refractivity contribution in [3.63, 3.8) is 0 Å². The maximum Gasteiger partial charge on any atom is 0.270 e. The first-order valence-corrected chi connectivity index (χ1v) is 5.71. The van der Waals surface area contributed by atoms with Gasteiger partial charge in [0.25, 0.3) is 5.69 Å². The molecule has 0 aliphatic heterocycles. The van der Waals surface area contributed by atoms with Crippen molar-refractivity contribution < 1.29 is 9.34 Å². The number of rotatable bonds is 1. The van der Waals surface area contributed by atoms with Crippen molar-refractivity contribution >= 4 is 43.6 Å². The van der Waals surface area contributed by atoms with Crippen LogP contribution in [0, 0.1) is 10.1 Å². The lowest BCUT2D eigenvalue weighted by molar-refractivity contribution is -0.384. The van der Waals surface area contributed by atoms with Crippen LogP contribution < -0.4 is 0 Å². The van der Waals surface area contributed by atoms with Crippen molar-refractivity contribution in [2.24, 2.45) is 0 Å². The van der Waals surface area contributed by atoms with Crippen molar-refractivity contribution in [1.82, 2.24) is 0 Å². The fourth-order valence-corrected chi connectivity index (χ4v) is 2.21. The maximum atomic E-state index is 10.7. The summed E-state index contributed by atoms with van der Waals surface area (Å²) < 4.78 is 6.51. The van der Waals surface area contributed by atoms with Gasteiger partial charge in [-0.2, -0.15) is 0 Å². The molecule has 17 heavy (non-hydrogen) atoms. The molecule has 0 saturated carbocycles. The highest BCUT2D eigenvalue weighted by Crippen LogP contribution is 2.32. The van der Waals surface area contributed by atoms with Gasteiger partial charge in [0.1, 0.15) is 11.2 Å².